The lowest BCUT2D eigenvalue weighted by molar-refractivity contribution is -0.322. The van der Waals surface area contributed by atoms with E-state index in [-0.39, 0.29) is 25.6 Å². The summed E-state index contributed by atoms with van der Waals surface area (Å²) in [5.41, 5.74) is 7.63. The third-order valence-corrected chi connectivity index (χ3v) is 4.67. The van der Waals surface area contributed by atoms with Crippen molar-refractivity contribution >= 4 is 24.3 Å². The van der Waals surface area contributed by atoms with Crippen LogP contribution in [0.15, 0.2) is 24.3 Å². The van der Waals surface area contributed by atoms with Crippen molar-refractivity contribution in [2.75, 3.05) is 13.2 Å². The lowest BCUT2D eigenvalue weighted by Crippen LogP contribution is -2.47. The molecular weight excluding hydrogens is 410 g/mol. The molecule has 0 saturated heterocycles. The second-order valence-electron chi connectivity index (χ2n) is 7.43. The summed E-state index contributed by atoms with van der Waals surface area (Å²) < 4.78 is 0. The number of carbonyl (C=O) groups excluding carboxylic acids is 2. The fourth-order valence-electron chi connectivity index (χ4n) is 2.70. The number of carbonyl (C=O) groups is 2. The van der Waals surface area contributed by atoms with E-state index in [2.05, 4.69) is 31.2 Å². The van der Waals surface area contributed by atoms with Crippen LogP contribution in [0.5, 0.6) is 0 Å². The normalized spacial score (nSPS) is 10.5. The fourth-order valence-corrected chi connectivity index (χ4v) is 2.70. The van der Waals surface area contributed by atoms with E-state index >= 15 is 0 Å². The first kappa shape index (κ1) is 30.5. The smallest absolute Gasteiger partial charge is 0.0633 e. The van der Waals surface area contributed by atoms with Gasteiger partial charge in [0.05, 0.1) is 18.8 Å². The molecule has 4 N–H and O–H groups in total. The zero-order chi connectivity index (χ0) is 22.1. The van der Waals surface area contributed by atoms with E-state index in [9.17, 15) is 30.0 Å². The third-order valence-electron chi connectivity index (χ3n) is 4.67. The zero-order valence-corrected chi connectivity index (χ0v) is 18.6. The van der Waals surface area contributed by atoms with E-state index in [1.165, 1.54) is 49.7 Å². The number of aliphatic carboxylic acids is 2. The molecular formula is C22H36ClNO6-2. The minimum atomic E-state index is -1.63. The van der Waals surface area contributed by atoms with Gasteiger partial charge >= 0.3 is 0 Å². The van der Waals surface area contributed by atoms with Gasteiger partial charge in [-0.25, -0.2) is 0 Å². The second kappa shape index (κ2) is 18.1. The Hall–Kier alpha value is -1.67. The van der Waals surface area contributed by atoms with Gasteiger partial charge in [0.2, 0.25) is 0 Å². The Kier molecular flexibility index (Phi) is 18.4. The van der Waals surface area contributed by atoms with E-state index in [1.807, 2.05) is 0 Å². The average Bonchev–Trinajstić information content (AvgIpc) is 2.69. The lowest BCUT2D eigenvalue weighted by atomic mass is 9.93. The van der Waals surface area contributed by atoms with Crippen molar-refractivity contribution in [1.82, 2.24) is 0 Å². The highest BCUT2D eigenvalue weighted by Gasteiger charge is 2.22. The molecule has 8 heteroatoms. The largest absolute Gasteiger partial charge is 0.550 e. The number of benzene rings is 1. The number of halogens is 1. The van der Waals surface area contributed by atoms with Gasteiger partial charge < -0.3 is 35.7 Å². The van der Waals surface area contributed by atoms with Crippen molar-refractivity contribution in [3.63, 3.8) is 0 Å². The minimum absolute atomic E-state index is 0. The molecule has 0 aliphatic heterocycles. The van der Waals surface area contributed by atoms with Crippen molar-refractivity contribution in [3.05, 3.63) is 35.4 Å². The van der Waals surface area contributed by atoms with Gasteiger partial charge in [0.15, 0.2) is 0 Å². The number of aryl methyl sites for hydroxylation is 2. The summed E-state index contributed by atoms with van der Waals surface area (Å²) in [4.78, 5) is 18.6. The molecule has 1 aromatic carbocycles. The maximum atomic E-state index is 9.28. The average molecular weight is 446 g/mol. The lowest BCUT2D eigenvalue weighted by Gasteiger charge is -2.24. The molecule has 7 nitrogen and oxygen atoms in total. The Labute approximate surface area is 185 Å². The van der Waals surface area contributed by atoms with Gasteiger partial charge in [-0.05, 0) is 36.8 Å². The third kappa shape index (κ3) is 16.2. The Morgan fingerprint density at radius 2 is 1.30 bits per heavy atom. The summed E-state index contributed by atoms with van der Waals surface area (Å²) in [7, 11) is 0. The Balaban J connectivity index is 0. The molecule has 0 aliphatic rings. The van der Waals surface area contributed by atoms with Crippen molar-refractivity contribution in [2.45, 2.75) is 76.7 Å². The Morgan fingerprint density at radius 3 is 1.70 bits per heavy atom. The molecule has 30 heavy (non-hydrogen) atoms. The van der Waals surface area contributed by atoms with Crippen molar-refractivity contribution in [2.24, 2.45) is 5.73 Å². The first-order valence-corrected chi connectivity index (χ1v) is 10.2. The molecule has 0 bridgehead atoms. The molecule has 0 fully saturated rings. The quantitative estimate of drug-likeness (QED) is 0.279. The molecule has 0 saturated carbocycles. The van der Waals surface area contributed by atoms with Crippen molar-refractivity contribution in [1.29, 1.82) is 0 Å². The van der Waals surface area contributed by atoms with Crippen LogP contribution in [0.2, 0.25) is 0 Å². The van der Waals surface area contributed by atoms with Crippen molar-refractivity contribution < 1.29 is 30.0 Å². The monoisotopic (exact) mass is 445 g/mol. The zero-order valence-electron chi connectivity index (χ0n) is 17.8. The van der Waals surface area contributed by atoms with Crippen LogP contribution in [0, 0.1) is 0 Å². The fraction of sp³-hybridized carbons (Fsp3) is 0.636. The summed E-state index contributed by atoms with van der Waals surface area (Å²) in [6.07, 6.45) is 9.48. The van der Waals surface area contributed by atoms with Crippen molar-refractivity contribution in [3.8, 4) is 0 Å². The van der Waals surface area contributed by atoms with E-state index in [1.54, 1.807) is 0 Å². The molecule has 0 atom stereocenters. The number of hydrogen-bond acceptors (Lipinski definition) is 7. The van der Waals surface area contributed by atoms with Crippen LogP contribution in [0.4, 0.5) is 0 Å². The van der Waals surface area contributed by atoms with Gasteiger partial charge in [0.1, 0.15) is 0 Å². The van der Waals surface area contributed by atoms with Gasteiger partial charge in [-0.15, -0.1) is 12.4 Å². The summed E-state index contributed by atoms with van der Waals surface area (Å²) in [6.45, 7) is 1.89. The van der Waals surface area contributed by atoms with Crippen LogP contribution < -0.4 is 15.9 Å². The van der Waals surface area contributed by atoms with Gasteiger partial charge in [-0.2, -0.15) is 0 Å². The minimum Gasteiger partial charge on any atom is -0.550 e. The van der Waals surface area contributed by atoms with E-state index in [0.717, 1.165) is 12.8 Å². The predicted octanol–water partition coefficient (Wildman–Crippen LogP) is 0.502. The predicted molar refractivity (Wildman–Crippen MR) is 115 cm³/mol. The van der Waals surface area contributed by atoms with Crippen LogP contribution in [-0.4, -0.2) is 40.9 Å². The summed E-state index contributed by atoms with van der Waals surface area (Å²) in [5, 5.41) is 36.9. The standard InChI is InChI=1S/C19H33NO2.C3H4O4.ClH/c1-2-3-4-5-6-7-8-17-9-11-18(12-10-17)13-14-19(20,15-21)16-22;4-2(5)1-3(6)7;/h9-12,21-22H,2-8,13-16,20H2,1H3;1H2,(H,4,5)(H,6,7);1H/p-2. The Bertz CT molecular complexity index is 563. The number of hydrogen-bond donors (Lipinski definition) is 3. The molecule has 0 radical (unpaired) electrons. The first-order chi connectivity index (χ1) is 13.8. The number of unbranched alkanes of at least 4 members (excludes halogenated alkanes) is 5. The number of carboxylic acid groups (broad SMARTS) is 2. The molecule has 174 valence electrons. The number of nitrogens with two attached hydrogens (primary N) is 1. The molecule has 0 heterocycles. The SMILES string of the molecule is CCCCCCCCc1ccc(CCC(N)(CO)CO)cc1.Cl.O=C([O-])CC(=O)[O-]. The summed E-state index contributed by atoms with van der Waals surface area (Å²) >= 11 is 0. The summed E-state index contributed by atoms with van der Waals surface area (Å²) in [6, 6.07) is 8.66. The number of aliphatic hydroxyl groups is 2. The summed E-state index contributed by atoms with van der Waals surface area (Å²) in [5.74, 6) is -3.25. The van der Waals surface area contributed by atoms with E-state index in [0.29, 0.717) is 6.42 Å². The van der Waals surface area contributed by atoms with Crippen LogP contribution in [0.25, 0.3) is 0 Å². The molecule has 0 aromatic heterocycles. The van der Waals surface area contributed by atoms with E-state index in [4.69, 9.17) is 5.73 Å². The van der Waals surface area contributed by atoms with Crippen LogP contribution in [0.1, 0.15) is 69.4 Å². The van der Waals surface area contributed by atoms with Crippen LogP contribution in [-0.2, 0) is 22.4 Å². The van der Waals surface area contributed by atoms with Gasteiger partial charge in [-0.1, -0.05) is 63.3 Å². The van der Waals surface area contributed by atoms with Gasteiger partial charge in [0.25, 0.3) is 0 Å². The topological polar surface area (TPSA) is 147 Å². The highest BCUT2D eigenvalue weighted by Crippen LogP contribution is 2.14. The first-order valence-electron chi connectivity index (χ1n) is 10.2. The molecule has 0 aliphatic carbocycles. The molecule has 1 rings (SSSR count). The molecule has 0 unspecified atom stereocenters. The van der Waals surface area contributed by atoms with Crippen LogP contribution >= 0.6 is 12.4 Å². The number of carboxylic acids is 2. The molecule has 1 aromatic rings. The molecule has 0 amide bonds. The number of rotatable bonds is 14. The molecule has 0 spiro atoms. The van der Waals surface area contributed by atoms with Crippen LogP contribution in [0.3, 0.4) is 0 Å². The van der Waals surface area contributed by atoms with Gasteiger partial charge in [-0.3, -0.25) is 0 Å². The highest BCUT2D eigenvalue weighted by atomic mass is 35.5. The maximum Gasteiger partial charge on any atom is 0.0633 e. The highest BCUT2D eigenvalue weighted by molar-refractivity contribution is 5.86. The maximum absolute atomic E-state index is 9.28. The second-order valence-corrected chi connectivity index (χ2v) is 7.43. The number of aliphatic hydroxyl groups excluding tert-OH is 2. The van der Waals surface area contributed by atoms with E-state index < -0.39 is 23.9 Å². The Morgan fingerprint density at radius 1 is 0.867 bits per heavy atom. The van der Waals surface area contributed by atoms with Gasteiger partial charge in [0, 0.05) is 18.4 Å².